The normalized spacial score (nSPS) is 12.5. The number of hydrogen-bond acceptors (Lipinski definition) is 4. The molecule has 0 fully saturated rings. The number of aryl methyl sites for hydroxylation is 1. The first-order valence-corrected chi connectivity index (χ1v) is 4.33. The summed E-state index contributed by atoms with van der Waals surface area (Å²) in [5, 5.41) is 10.6. The second-order valence-corrected chi connectivity index (χ2v) is 3.04. The van der Waals surface area contributed by atoms with Crippen LogP contribution in [-0.4, -0.2) is 21.2 Å². The third kappa shape index (κ3) is 2.54. The monoisotopic (exact) mass is 182 g/mol. The number of aromatic nitrogens is 3. The van der Waals surface area contributed by atoms with Crippen molar-refractivity contribution in [3.8, 4) is 0 Å². The van der Waals surface area contributed by atoms with Crippen LogP contribution < -0.4 is 10.9 Å². The van der Waals surface area contributed by atoms with E-state index in [1.165, 1.54) is 0 Å². The lowest BCUT2D eigenvalue weighted by atomic mass is 10.3. The molecule has 1 aromatic rings. The maximum atomic E-state index is 11.1. The van der Waals surface area contributed by atoms with Gasteiger partial charge < -0.3 is 5.32 Å². The lowest BCUT2D eigenvalue weighted by Gasteiger charge is -2.10. The van der Waals surface area contributed by atoms with Gasteiger partial charge in [-0.05, 0) is 20.3 Å². The number of nitrogens with one attached hydrogen (secondary N) is 2. The van der Waals surface area contributed by atoms with Crippen molar-refractivity contribution in [2.45, 2.75) is 33.2 Å². The van der Waals surface area contributed by atoms with Gasteiger partial charge in [0, 0.05) is 6.04 Å². The Bertz CT molecular complexity index is 333. The van der Waals surface area contributed by atoms with Crippen LogP contribution in [0.5, 0.6) is 0 Å². The SMILES string of the molecule is CCC(C)Nc1nnc(C)c(=O)[nH]1. The summed E-state index contributed by atoms with van der Waals surface area (Å²) in [7, 11) is 0. The summed E-state index contributed by atoms with van der Waals surface area (Å²) in [4.78, 5) is 13.7. The first-order chi connectivity index (χ1) is 6.13. The van der Waals surface area contributed by atoms with E-state index in [1.807, 2.05) is 6.92 Å². The smallest absolute Gasteiger partial charge is 0.273 e. The summed E-state index contributed by atoms with van der Waals surface area (Å²) >= 11 is 0. The number of anilines is 1. The Morgan fingerprint density at radius 3 is 2.77 bits per heavy atom. The maximum Gasteiger partial charge on any atom is 0.273 e. The summed E-state index contributed by atoms with van der Waals surface area (Å²) in [6.45, 7) is 5.69. The molecule has 0 aliphatic carbocycles. The summed E-state index contributed by atoms with van der Waals surface area (Å²) in [6.07, 6.45) is 0.970. The van der Waals surface area contributed by atoms with E-state index in [4.69, 9.17) is 0 Å². The molecule has 0 aromatic carbocycles. The summed E-state index contributed by atoms with van der Waals surface area (Å²) in [5.41, 5.74) is 0.190. The molecule has 0 radical (unpaired) electrons. The molecule has 1 unspecified atom stereocenters. The molecule has 2 N–H and O–H groups in total. The molecule has 0 saturated heterocycles. The minimum absolute atomic E-state index is 0.194. The highest BCUT2D eigenvalue weighted by Gasteiger charge is 2.02. The average Bonchev–Trinajstić information content (AvgIpc) is 2.11. The summed E-state index contributed by atoms with van der Waals surface area (Å²) in [6, 6.07) is 0.285. The fourth-order valence-corrected chi connectivity index (χ4v) is 0.794. The van der Waals surface area contributed by atoms with E-state index in [2.05, 4.69) is 27.4 Å². The molecule has 13 heavy (non-hydrogen) atoms. The Hall–Kier alpha value is -1.39. The van der Waals surface area contributed by atoms with Gasteiger partial charge in [-0.3, -0.25) is 9.78 Å². The van der Waals surface area contributed by atoms with Gasteiger partial charge in [-0.1, -0.05) is 6.92 Å². The minimum atomic E-state index is -0.194. The topological polar surface area (TPSA) is 70.7 Å². The van der Waals surface area contributed by atoms with Crippen molar-refractivity contribution in [3.05, 3.63) is 16.0 Å². The molecule has 1 aromatic heterocycles. The van der Waals surface area contributed by atoms with Crippen LogP contribution in [0.25, 0.3) is 0 Å². The molecule has 1 rings (SSSR count). The van der Waals surface area contributed by atoms with Gasteiger partial charge in [0.05, 0.1) is 0 Å². The fourth-order valence-electron chi connectivity index (χ4n) is 0.794. The van der Waals surface area contributed by atoms with Crippen molar-refractivity contribution in [1.82, 2.24) is 15.2 Å². The van der Waals surface area contributed by atoms with E-state index >= 15 is 0 Å². The molecule has 0 aliphatic heterocycles. The molecular formula is C8H14N4O. The molecule has 0 spiro atoms. The van der Waals surface area contributed by atoms with Gasteiger partial charge in [-0.2, -0.15) is 0 Å². The molecule has 0 amide bonds. The Balaban J connectivity index is 2.80. The van der Waals surface area contributed by atoms with E-state index in [0.29, 0.717) is 11.6 Å². The van der Waals surface area contributed by atoms with Gasteiger partial charge in [-0.25, -0.2) is 0 Å². The molecule has 5 nitrogen and oxygen atoms in total. The third-order valence-electron chi connectivity index (χ3n) is 1.86. The van der Waals surface area contributed by atoms with E-state index in [0.717, 1.165) is 6.42 Å². The van der Waals surface area contributed by atoms with Crippen molar-refractivity contribution in [2.24, 2.45) is 0 Å². The number of aromatic amines is 1. The first-order valence-electron chi connectivity index (χ1n) is 4.33. The zero-order valence-corrected chi connectivity index (χ0v) is 8.09. The zero-order valence-electron chi connectivity index (χ0n) is 8.09. The standard InChI is InChI=1S/C8H14N4O/c1-4-5(2)9-8-10-7(13)6(3)11-12-8/h5H,4H2,1-3H3,(H2,9,10,12,13). The van der Waals surface area contributed by atoms with Crippen molar-refractivity contribution in [3.63, 3.8) is 0 Å². The lowest BCUT2D eigenvalue weighted by molar-refractivity contribution is 0.741. The molecule has 0 saturated carbocycles. The van der Waals surface area contributed by atoms with Gasteiger partial charge in [0.25, 0.3) is 5.56 Å². The zero-order chi connectivity index (χ0) is 9.84. The number of rotatable bonds is 3. The summed E-state index contributed by atoms with van der Waals surface area (Å²) < 4.78 is 0. The van der Waals surface area contributed by atoms with E-state index in [-0.39, 0.29) is 11.6 Å². The van der Waals surface area contributed by atoms with Crippen LogP contribution >= 0.6 is 0 Å². The van der Waals surface area contributed by atoms with E-state index < -0.39 is 0 Å². The van der Waals surface area contributed by atoms with Crippen LogP contribution in [0.4, 0.5) is 5.95 Å². The third-order valence-corrected chi connectivity index (χ3v) is 1.86. The van der Waals surface area contributed by atoms with Gasteiger partial charge in [0.15, 0.2) is 0 Å². The van der Waals surface area contributed by atoms with Crippen molar-refractivity contribution in [2.75, 3.05) is 5.32 Å². The van der Waals surface area contributed by atoms with Crippen molar-refractivity contribution >= 4 is 5.95 Å². The largest absolute Gasteiger partial charge is 0.352 e. The van der Waals surface area contributed by atoms with Crippen LogP contribution in [0.3, 0.4) is 0 Å². The number of hydrogen-bond donors (Lipinski definition) is 2. The Labute approximate surface area is 76.6 Å². The van der Waals surface area contributed by atoms with Gasteiger partial charge in [-0.15, -0.1) is 10.2 Å². The second kappa shape index (κ2) is 4.02. The van der Waals surface area contributed by atoms with Crippen LogP contribution in [0, 0.1) is 6.92 Å². The molecule has 0 bridgehead atoms. The van der Waals surface area contributed by atoms with Crippen LogP contribution in [0.2, 0.25) is 0 Å². The summed E-state index contributed by atoms with van der Waals surface area (Å²) in [5.74, 6) is 0.435. The quantitative estimate of drug-likeness (QED) is 0.721. The fraction of sp³-hybridized carbons (Fsp3) is 0.625. The molecule has 0 aliphatic rings. The van der Waals surface area contributed by atoms with Crippen molar-refractivity contribution in [1.29, 1.82) is 0 Å². The number of H-pyrrole nitrogens is 1. The highest BCUT2D eigenvalue weighted by Crippen LogP contribution is 1.98. The number of nitrogens with zero attached hydrogens (tertiary/aromatic N) is 2. The maximum absolute atomic E-state index is 11.1. The molecular weight excluding hydrogens is 168 g/mol. The molecule has 1 atom stereocenters. The molecule has 1 heterocycles. The highest BCUT2D eigenvalue weighted by atomic mass is 16.1. The lowest BCUT2D eigenvalue weighted by Crippen LogP contribution is -2.21. The molecule has 72 valence electrons. The van der Waals surface area contributed by atoms with Gasteiger partial charge in [0.2, 0.25) is 5.95 Å². The molecule has 5 heteroatoms. The van der Waals surface area contributed by atoms with Gasteiger partial charge in [0.1, 0.15) is 5.69 Å². The van der Waals surface area contributed by atoms with E-state index in [1.54, 1.807) is 6.92 Å². The van der Waals surface area contributed by atoms with Crippen molar-refractivity contribution < 1.29 is 0 Å². The minimum Gasteiger partial charge on any atom is -0.352 e. The first kappa shape index (κ1) is 9.70. The van der Waals surface area contributed by atoms with Crippen LogP contribution in [0.1, 0.15) is 26.0 Å². The van der Waals surface area contributed by atoms with E-state index in [9.17, 15) is 4.79 Å². The van der Waals surface area contributed by atoms with Crippen LogP contribution in [0.15, 0.2) is 4.79 Å². The Kier molecular flexibility index (Phi) is 3.00. The van der Waals surface area contributed by atoms with Gasteiger partial charge >= 0.3 is 0 Å². The predicted molar refractivity (Wildman–Crippen MR) is 50.8 cm³/mol. The average molecular weight is 182 g/mol. The Morgan fingerprint density at radius 1 is 1.54 bits per heavy atom. The Morgan fingerprint density at radius 2 is 2.23 bits per heavy atom. The second-order valence-electron chi connectivity index (χ2n) is 3.04. The predicted octanol–water partition coefficient (Wildman–Crippen LogP) is 0.684. The highest BCUT2D eigenvalue weighted by molar-refractivity contribution is 5.22. The van der Waals surface area contributed by atoms with Crippen LogP contribution in [-0.2, 0) is 0 Å².